The average Bonchev–Trinajstić information content (AvgIpc) is 2.25. The molecule has 3 unspecified atom stereocenters. The fraction of sp³-hybridized carbons (Fsp3) is 0.714. The number of amides is 1. The van der Waals surface area contributed by atoms with E-state index in [1.165, 1.54) is 18.7 Å². The molecule has 0 aromatic heterocycles. The molecule has 0 radical (unpaired) electrons. The van der Waals surface area contributed by atoms with Crippen LogP contribution in [0.1, 0.15) is 6.92 Å². The second kappa shape index (κ2) is 3.45. The quantitative estimate of drug-likeness (QED) is 0.568. The summed E-state index contributed by atoms with van der Waals surface area (Å²) in [6.45, 7) is 1.32. The zero-order valence-electron chi connectivity index (χ0n) is 6.90. The Morgan fingerprint density at radius 3 is 2.50 bits per heavy atom. The number of hydrogen-bond donors (Lipinski definition) is 2. The SMILES string of the molecule is CSC1NC(=O)C(C(C)=O)C1O. The molecular formula is C7H11NO3S. The van der Waals surface area contributed by atoms with E-state index in [1.54, 1.807) is 6.26 Å². The number of ketones is 1. The Morgan fingerprint density at radius 1 is 1.67 bits per heavy atom. The van der Waals surface area contributed by atoms with Crippen LogP contribution in [0.15, 0.2) is 0 Å². The van der Waals surface area contributed by atoms with Crippen molar-refractivity contribution >= 4 is 23.5 Å². The van der Waals surface area contributed by atoms with Gasteiger partial charge in [0.05, 0.1) is 0 Å². The van der Waals surface area contributed by atoms with E-state index in [-0.39, 0.29) is 17.1 Å². The molecule has 4 nitrogen and oxygen atoms in total. The van der Waals surface area contributed by atoms with Crippen molar-refractivity contribution < 1.29 is 14.7 Å². The zero-order valence-corrected chi connectivity index (χ0v) is 7.72. The van der Waals surface area contributed by atoms with E-state index >= 15 is 0 Å². The number of aliphatic hydroxyl groups is 1. The minimum atomic E-state index is -0.884. The van der Waals surface area contributed by atoms with Gasteiger partial charge in [-0.15, -0.1) is 11.8 Å². The Kier molecular flexibility index (Phi) is 2.74. The minimum absolute atomic E-state index is 0.281. The number of carbonyl (C=O) groups is 2. The number of carbonyl (C=O) groups excluding carboxylic acids is 2. The van der Waals surface area contributed by atoms with Crippen molar-refractivity contribution in [3.05, 3.63) is 0 Å². The molecule has 2 N–H and O–H groups in total. The summed E-state index contributed by atoms with van der Waals surface area (Å²) in [5.74, 6) is -1.52. The lowest BCUT2D eigenvalue weighted by atomic mass is 10.0. The summed E-state index contributed by atoms with van der Waals surface area (Å²) in [4.78, 5) is 22.0. The number of nitrogens with one attached hydrogen (secondary N) is 1. The predicted molar refractivity (Wildman–Crippen MR) is 45.6 cm³/mol. The average molecular weight is 189 g/mol. The third-order valence-electron chi connectivity index (χ3n) is 1.91. The lowest BCUT2D eigenvalue weighted by Crippen LogP contribution is -2.30. The fourth-order valence-electron chi connectivity index (χ4n) is 1.27. The van der Waals surface area contributed by atoms with E-state index in [2.05, 4.69) is 5.32 Å². The largest absolute Gasteiger partial charge is 0.389 e. The Morgan fingerprint density at radius 2 is 2.25 bits per heavy atom. The molecule has 0 spiro atoms. The number of hydrogen-bond acceptors (Lipinski definition) is 4. The summed E-state index contributed by atoms with van der Waals surface area (Å²) < 4.78 is 0. The second-order valence-corrected chi connectivity index (χ2v) is 3.72. The fourth-order valence-corrected chi connectivity index (χ4v) is 1.94. The van der Waals surface area contributed by atoms with Crippen LogP contribution >= 0.6 is 11.8 Å². The van der Waals surface area contributed by atoms with E-state index in [1.807, 2.05) is 0 Å². The lowest BCUT2D eigenvalue weighted by Gasteiger charge is -2.12. The molecule has 0 saturated carbocycles. The Bertz CT molecular complexity index is 219. The molecule has 1 amide bonds. The van der Waals surface area contributed by atoms with Gasteiger partial charge in [-0.1, -0.05) is 0 Å². The molecule has 1 fully saturated rings. The van der Waals surface area contributed by atoms with Crippen molar-refractivity contribution in [1.29, 1.82) is 0 Å². The van der Waals surface area contributed by atoms with Gasteiger partial charge in [0.15, 0.2) is 0 Å². The summed E-state index contributed by atoms with van der Waals surface area (Å²) in [5.41, 5.74) is 0. The van der Waals surface area contributed by atoms with E-state index in [4.69, 9.17) is 0 Å². The molecule has 5 heteroatoms. The Hall–Kier alpha value is -0.550. The molecule has 1 aliphatic rings. The normalized spacial score (nSPS) is 34.9. The first-order valence-corrected chi connectivity index (χ1v) is 4.88. The Balaban J connectivity index is 2.77. The van der Waals surface area contributed by atoms with Crippen LogP contribution in [0.2, 0.25) is 0 Å². The summed E-state index contributed by atoms with van der Waals surface area (Å²) in [5, 5.41) is 11.7. The van der Waals surface area contributed by atoms with Crippen molar-refractivity contribution in [2.45, 2.75) is 18.4 Å². The molecule has 1 rings (SSSR count). The number of aliphatic hydroxyl groups excluding tert-OH is 1. The van der Waals surface area contributed by atoms with Gasteiger partial charge in [0.2, 0.25) is 5.91 Å². The molecule has 12 heavy (non-hydrogen) atoms. The summed E-state index contributed by atoms with van der Waals surface area (Å²) in [6.07, 6.45) is 0.890. The highest BCUT2D eigenvalue weighted by atomic mass is 32.2. The monoisotopic (exact) mass is 189 g/mol. The first-order chi connectivity index (χ1) is 5.57. The summed E-state index contributed by atoms with van der Waals surface area (Å²) in [6, 6.07) is 0. The molecule has 3 atom stereocenters. The molecule has 68 valence electrons. The Labute approximate surface area is 74.7 Å². The van der Waals surface area contributed by atoms with E-state index in [0.717, 1.165) is 0 Å². The molecular weight excluding hydrogens is 178 g/mol. The smallest absolute Gasteiger partial charge is 0.234 e. The standard InChI is InChI=1S/C7H11NO3S/c1-3(9)4-5(10)7(12-2)8-6(4)11/h4-5,7,10H,1-2H3,(H,8,11). The summed E-state index contributed by atoms with van der Waals surface area (Å²) in [7, 11) is 0. The highest BCUT2D eigenvalue weighted by Gasteiger charge is 2.43. The molecule has 1 saturated heterocycles. The van der Waals surface area contributed by atoms with Crippen LogP contribution in [-0.4, -0.2) is 34.5 Å². The molecule has 0 aromatic rings. The number of Topliss-reactive ketones (excluding diaryl/α,β-unsaturated/α-hetero) is 1. The lowest BCUT2D eigenvalue weighted by molar-refractivity contribution is -0.132. The maximum Gasteiger partial charge on any atom is 0.234 e. The van der Waals surface area contributed by atoms with Gasteiger partial charge in [-0.2, -0.15) is 0 Å². The van der Waals surface area contributed by atoms with Crippen molar-refractivity contribution in [2.24, 2.45) is 5.92 Å². The van der Waals surface area contributed by atoms with Gasteiger partial charge in [0.25, 0.3) is 0 Å². The van der Waals surface area contributed by atoms with Crippen LogP contribution in [-0.2, 0) is 9.59 Å². The van der Waals surface area contributed by atoms with E-state index in [9.17, 15) is 14.7 Å². The van der Waals surface area contributed by atoms with Gasteiger partial charge in [-0.3, -0.25) is 9.59 Å². The number of rotatable bonds is 2. The van der Waals surface area contributed by atoms with Gasteiger partial charge in [0, 0.05) is 0 Å². The van der Waals surface area contributed by atoms with Crippen LogP contribution in [0.3, 0.4) is 0 Å². The van der Waals surface area contributed by atoms with Crippen molar-refractivity contribution in [3.8, 4) is 0 Å². The van der Waals surface area contributed by atoms with Gasteiger partial charge in [-0.25, -0.2) is 0 Å². The first kappa shape index (κ1) is 9.54. The van der Waals surface area contributed by atoms with Crippen molar-refractivity contribution in [1.82, 2.24) is 5.32 Å². The van der Waals surface area contributed by atoms with Crippen molar-refractivity contribution in [2.75, 3.05) is 6.26 Å². The third kappa shape index (κ3) is 1.47. The van der Waals surface area contributed by atoms with Crippen LogP contribution in [0.4, 0.5) is 0 Å². The van der Waals surface area contributed by atoms with Crippen LogP contribution in [0.5, 0.6) is 0 Å². The molecule has 1 aliphatic heterocycles. The van der Waals surface area contributed by atoms with E-state index < -0.39 is 12.0 Å². The second-order valence-electron chi connectivity index (χ2n) is 2.74. The zero-order chi connectivity index (χ0) is 9.30. The predicted octanol–water partition coefficient (Wildman–Crippen LogP) is -0.629. The van der Waals surface area contributed by atoms with Crippen LogP contribution < -0.4 is 5.32 Å². The molecule has 0 bridgehead atoms. The van der Waals surface area contributed by atoms with Gasteiger partial charge in [0.1, 0.15) is 23.2 Å². The first-order valence-electron chi connectivity index (χ1n) is 3.59. The minimum Gasteiger partial charge on any atom is -0.389 e. The van der Waals surface area contributed by atoms with Crippen LogP contribution in [0, 0.1) is 5.92 Å². The molecule has 0 aromatic carbocycles. The number of thioether (sulfide) groups is 1. The molecule has 1 heterocycles. The topological polar surface area (TPSA) is 66.4 Å². The van der Waals surface area contributed by atoms with Gasteiger partial charge >= 0.3 is 0 Å². The molecule has 0 aliphatic carbocycles. The van der Waals surface area contributed by atoms with Gasteiger partial charge in [-0.05, 0) is 13.2 Å². The maximum atomic E-state index is 11.1. The van der Waals surface area contributed by atoms with Gasteiger partial charge < -0.3 is 10.4 Å². The summed E-state index contributed by atoms with van der Waals surface area (Å²) >= 11 is 1.33. The van der Waals surface area contributed by atoms with E-state index in [0.29, 0.717) is 0 Å². The van der Waals surface area contributed by atoms with Crippen LogP contribution in [0.25, 0.3) is 0 Å². The maximum absolute atomic E-state index is 11.1. The highest BCUT2D eigenvalue weighted by molar-refractivity contribution is 7.99. The third-order valence-corrected chi connectivity index (χ3v) is 2.82. The van der Waals surface area contributed by atoms with Crippen molar-refractivity contribution in [3.63, 3.8) is 0 Å². The highest BCUT2D eigenvalue weighted by Crippen LogP contribution is 2.23.